The Kier molecular flexibility index (Phi) is 4.93. The highest BCUT2D eigenvalue weighted by molar-refractivity contribution is 7.10. The first-order valence-electron chi connectivity index (χ1n) is 6.26. The van der Waals surface area contributed by atoms with Gasteiger partial charge >= 0.3 is 0 Å². The Morgan fingerprint density at radius 1 is 1.22 bits per heavy atom. The first-order valence-corrected chi connectivity index (χ1v) is 7.14. The van der Waals surface area contributed by atoms with E-state index in [2.05, 4.69) is 48.0 Å². The number of aliphatic hydroxyl groups is 1. The van der Waals surface area contributed by atoms with Gasteiger partial charge in [0.2, 0.25) is 0 Å². The number of hydrogen-bond acceptors (Lipinski definition) is 3. The third-order valence-corrected chi connectivity index (χ3v) is 3.88. The lowest BCUT2D eigenvalue weighted by Crippen LogP contribution is -2.25. The van der Waals surface area contributed by atoms with Crippen molar-refractivity contribution in [1.29, 1.82) is 0 Å². The van der Waals surface area contributed by atoms with Gasteiger partial charge < -0.3 is 10.4 Å². The average Bonchev–Trinajstić information content (AvgIpc) is 2.87. The first kappa shape index (κ1) is 13.3. The second-order valence-corrected chi connectivity index (χ2v) is 5.46. The standard InChI is InChI=1S/C15H19NOS/c1-12(7-8-17)16-10-15-9-14(11-18-15)13-5-3-2-4-6-13/h2-6,9,11-12,16-17H,7-8,10H2,1H3. The molecule has 1 aromatic heterocycles. The fraction of sp³-hybridized carbons (Fsp3) is 0.333. The molecule has 0 radical (unpaired) electrons. The molecule has 2 aromatic rings. The third kappa shape index (κ3) is 3.67. The maximum atomic E-state index is 8.85. The van der Waals surface area contributed by atoms with Gasteiger partial charge in [-0.25, -0.2) is 0 Å². The zero-order chi connectivity index (χ0) is 12.8. The van der Waals surface area contributed by atoms with Gasteiger partial charge in [-0.3, -0.25) is 0 Å². The Balaban J connectivity index is 1.95. The zero-order valence-electron chi connectivity index (χ0n) is 10.6. The number of benzene rings is 1. The van der Waals surface area contributed by atoms with E-state index >= 15 is 0 Å². The molecule has 1 heterocycles. The molecular weight excluding hydrogens is 242 g/mol. The van der Waals surface area contributed by atoms with Crippen LogP contribution in [0, 0.1) is 0 Å². The number of rotatable bonds is 6. The van der Waals surface area contributed by atoms with E-state index in [1.54, 1.807) is 11.3 Å². The molecule has 0 bridgehead atoms. The second kappa shape index (κ2) is 6.69. The fourth-order valence-electron chi connectivity index (χ4n) is 1.83. The second-order valence-electron chi connectivity index (χ2n) is 4.46. The largest absolute Gasteiger partial charge is 0.396 e. The molecule has 2 nitrogen and oxygen atoms in total. The summed E-state index contributed by atoms with van der Waals surface area (Å²) in [6.07, 6.45) is 0.802. The first-order chi connectivity index (χ1) is 8.79. The highest BCUT2D eigenvalue weighted by atomic mass is 32.1. The molecule has 0 saturated heterocycles. The molecule has 1 aromatic carbocycles. The Labute approximate surface area is 112 Å². The van der Waals surface area contributed by atoms with Crippen molar-refractivity contribution >= 4 is 11.3 Å². The molecule has 1 unspecified atom stereocenters. The Hall–Kier alpha value is -1.16. The van der Waals surface area contributed by atoms with Gasteiger partial charge in [-0.1, -0.05) is 30.3 Å². The number of nitrogens with one attached hydrogen (secondary N) is 1. The lowest BCUT2D eigenvalue weighted by Gasteiger charge is -2.10. The Morgan fingerprint density at radius 2 is 2.00 bits per heavy atom. The van der Waals surface area contributed by atoms with Gasteiger partial charge in [-0.15, -0.1) is 11.3 Å². The van der Waals surface area contributed by atoms with Gasteiger partial charge in [-0.2, -0.15) is 0 Å². The Morgan fingerprint density at radius 3 is 2.72 bits per heavy atom. The summed E-state index contributed by atoms with van der Waals surface area (Å²) in [5.41, 5.74) is 2.55. The molecule has 0 amide bonds. The van der Waals surface area contributed by atoms with E-state index in [9.17, 15) is 0 Å². The smallest absolute Gasteiger partial charge is 0.0445 e. The minimum Gasteiger partial charge on any atom is -0.396 e. The van der Waals surface area contributed by atoms with Crippen LogP contribution >= 0.6 is 11.3 Å². The SMILES string of the molecule is CC(CCO)NCc1cc(-c2ccccc2)cs1. The molecule has 0 fully saturated rings. The van der Waals surface area contributed by atoms with Gasteiger partial charge in [0.1, 0.15) is 0 Å². The number of hydrogen-bond donors (Lipinski definition) is 2. The van der Waals surface area contributed by atoms with Crippen molar-refractivity contribution in [3.63, 3.8) is 0 Å². The van der Waals surface area contributed by atoms with Crippen molar-refractivity contribution < 1.29 is 5.11 Å². The molecular formula is C15H19NOS. The van der Waals surface area contributed by atoms with E-state index in [4.69, 9.17) is 5.11 Å². The summed E-state index contributed by atoms with van der Waals surface area (Å²) >= 11 is 1.78. The lowest BCUT2D eigenvalue weighted by atomic mass is 10.1. The van der Waals surface area contributed by atoms with Gasteiger partial charge in [0.05, 0.1) is 0 Å². The molecule has 2 rings (SSSR count). The van der Waals surface area contributed by atoms with Crippen LogP contribution in [0.1, 0.15) is 18.2 Å². The lowest BCUT2D eigenvalue weighted by molar-refractivity contribution is 0.269. The molecule has 0 aliphatic rings. The van der Waals surface area contributed by atoms with Gasteiger partial charge in [0.25, 0.3) is 0 Å². The molecule has 1 atom stereocenters. The van der Waals surface area contributed by atoms with Crippen LogP contribution in [0.2, 0.25) is 0 Å². The minimum atomic E-state index is 0.244. The molecule has 0 saturated carbocycles. The van der Waals surface area contributed by atoms with Gasteiger partial charge in [0.15, 0.2) is 0 Å². The van der Waals surface area contributed by atoms with E-state index in [1.807, 2.05) is 6.07 Å². The molecule has 2 N–H and O–H groups in total. The monoisotopic (exact) mass is 261 g/mol. The van der Waals surface area contributed by atoms with Gasteiger partial charge in [0, 0.05) is 24.1 Å². The minimum absolute atomic E-state index is 0.244. The van der Waals surface area contributed by atoms with Crippen LogP contribution in [0.15, 0.2) is 41.8 Å². The zero-order valence-corrected chi connectivity index (χ0v) is 11.4. The summed E-state index contributed by atoms with van der Waals surface area (Å²) in [4.78, 5) is 1.33. The van der Waals surface area contributed by atoms with Crippen molar-refractivity contribution in [2.75, 3.05) is 6.61 Å². The molecule has 18 heavy (non-hydrogen) atoms. The van der Waals surface area contributed by atoms with Crippen LogP contribution in [0.5, 0.6) is 0 Å². The van der Waals surface area contributed by atoms with Crippen molar-refractivity contribution in [3.05, 3.63) is 46.7 Å². The number of aliphatic hydroxyl groups excluding tert-OH is 1. The van der Waals surface area contributed by atoms with Crippen LogP contribution < -0.4 is 5.32 Å². The fourth-order valence-corrected chi connectivity index (χ4v) is 2.67. The quantitative estimate of drug-likeness (QED) is 0.836. The topological polar surface area (TPSA) is 32.3 Å². The van der Waals surface area contributed by atoms with Crippen LogP contribution in [-0.4, -0.2) is 17.8 Å². The summed E-state index contributed by atoms with van der Waals surface area (Å²) < 4.78 is 0. The van der Waals surface area contributed by atoms with Crippen molar-refractivity contribution in [3.8, 4) is 11.1 Å². The van der Waals surface area contributed by atoms with E-state index in [0.29, 0.717) is 6.04 Å². The van der Waals surface area contributed by atoms with Crippen molar-refractivity contribution in [2.24, 2.45) is 0 Å². The highest BCUT2D eigenvalue weighted by Gasteiger charge is 2.04. The van der Waals surface area contributed by atoms with Crippen molar-refractivity contribution in [1.82, 2.24) is 5.32 Å². The summed E-state index contributed by atoms with van der Waals surface area (Å²) in [6, 6.07) is 13.0. The van der Waals surface area contributed by atoms with Crippen LogP contribution in [0.25, 0.3) is 11.1 Å². The van der Waals surface area contributed by atoms with Crippen molar-refractivity contribution in [2.45, 2.75) is 25.9 Å². The third-order valence-electron chi connectivity index (χ3n) is 2.95. The molecule has 0 aliphatic carbocycles. The predicted octanol–water partition coefficient (Wildman–Crippen LogP) is 3.28. The normalized spacial score (nSPS) is 12.6. The van der Waals surface area contributed by atoms with Crippen LogP contribution in [0.3, 0.4) is 0 Å². The summed E-state index contributed by atoms with van der Waals surface area (Å²) in [5, 5.41) is 14.5. The van der Waals surface area contributed by atoms with E-state index in [1.165, 1.54) is 16.0 Å². The van der Waals surface area contributed by atoms with E-state index in [0.717, 1.165) is 13.0 Å². The van der Waals surface area contributed by atoms with Gasteiger partial charge in [-0.05, 0) is 35.9 Å². The van der Waals surface area contributed by atoms with Crippen LogP contribution in [-0.2, 0) is 6.54 Å². The molecule has 3 heteroatoms. The maximum absolute atomic E-state index is 8.85. The van der Waals surface area contributed by atoms with Crippen LogP contribution in [0.4, 0.5) is 0 Å². The molecule has 96 valence electrons. The Bertz CT molecular complexity index is 466. The van der Waals surface area contributed by atoms with E-state index in [-0.39, 0.29) is 6.61 Å². The maximum Gasteiger partial charge on any atom is 0.0445 e. The summed E-state index contributed by atoms with van der Waals surface area (Å²) in [7, 11) is 0. The summed E-state index contributed by atoms with van der Waals surface area (Å²) in [5.74, 6) is 0. The average molecular weight is 261 g/mol. The van der Waals surface area contributed by atoms with E-state index < -0.39 is 0 Å². The predicted molar refractivity (Wildman–Crippen MR) is 77.8 cm³/mol. The molecule has 0 aliphatic heterocycles. The molecule has 0 spiro atoms. The highest BCUT2D eigenvalue weighted by Crippen LogP contribution is 2.25. The summed E-state index contributed by atoms with van der Waals surface area (Å²) in [6.45, 7) is 3.22. The number of thiophene rings is 1.